The van der Waals surface area contributed by atoms with Crippen LogP contribution in [-0.2, 0) is 19.6 Å². The van der Waals surface area contributed by atoms with E-state index in [-0.39, 0.29) is 18.5 Å². The van der Waals surface area contributed by atoms with E-state index in [1.165, 1.54) is 4.31 Å². The molecule has 0 saturated carbocycles. The Balaban J connectivity index is 2.02. The summed E-state index contributed by atoms with van der Waals surface area (Å²) in [6.45, 7) is 5.04. The van der Waals surface area contributed by atoms with Gasteiger partial charge in [-0.3, -0.25) is 4.79 Å². The van der Waals surface area contributed by atoms with Crippen molar-refractivity contribution in [3.8, 4) is 0 Å². The highest BCUT2D eigenvalue weighted by atomic mass is 32.2. The molecule has 8 nitrogen and oxygen atoms in total. The van der Waals surface area contributed by atoms with Crippen molar-refractivity contribution >= 4 is 22.0 Å². The number of sulfonamides is 1. The summed E-state index contributed by atoms with van der Waals surface area (Å²) < 4.78 is 30.7. The van der Waals surface area contributed by atoms with Crippen LogP contribution in [0.4, 0.5) is 4.79 Å². The third-order valence-electron chi connectivity index (χ3n) is 4.59. The summed E-state index contributed by atoms with van der Waals surface area (Å²) in [6.07, 6.45) is 0.721. The van der Waals surface area contributed by atoms with Gasteiger partial charge in [0.2, 0.25) is 15.9 Å². The lowest BCUT2D eigenvalue weighted by Crippen LogP contribution is -2.53. The highest BCUT2D eigenvalue weighted by Crippen LogP contribution is 2.22. The normalized spacial score (nSPS) is 16.3. The molecule has 1 atom stereocenters. The fourth-order valence-electron chi connectivity index (χ4n) is 3.03. The van der Waals surface area contributed by atoms with Crippen molar-refractivity contribution in [2.45, 2.75) is 19.9 Å². The Morgan fingerprint density at radius 2 is 1.67 bits per heavy atom. The molecule has 1 aromatic carbocycles. The predicted molar refractivity (Wildman–Crippen MR) is 102 cm³/mol. The smallest absolute Gasteiger partial charge is 0.409 e. The highest BCUT2D eigenvalue weighted by molar-refractivity contribution is 7.88. The van der Waals surface area contributed by atoms with Crippen molar-refractivity contribution < 1.29 is 22.7 Å². The van der Waals surface area contributed by atoms with Crippen LogP contribution in [0.15, 0.2) is 30.3 Å². The summed E-state index contributed by atoms with van der Waals surface area (Å²) >= 11 is 0. The topological polar surface area (TPSA) is 87.2 Å². The molecule has 1 saturated heterocycles. The zero-order valence-corrected chi connectivity index (χ0v) is 16.8. The number of rotatable bonds is 6. The lowest BCUT2D eigenvalue weighted by Gasteiger charge is -2.35. The number of carbonyl (C=O) groups is 2. The standard InChI is InChI=1S/C18H27N3O5S/c1-4-26-18(23)20-12-10-19(11-13-20)17(22)14-21(27(3,24)25)15(2)16-8-6-5-7-9-16/h5-9,15H,4,10-14H2,1-3H3. The SMILES string of the molecule is CCOC(=O)N1CCN(C(=O)CN(C(C)c2ccccc2)S(C)(=O)=O)CC1. The lowest BCUT2D eigenvalue weighted by atomic mass is 10.1. The zero-order chi connectivity index (χ0) is 20.0. The quantitative estimate of drug-likeness (QED) is 0.722. The summed E-state index contributed by atoms with van der Waals surface area (Å²) in [5, 5.41) is 0. The van der Waals surface area contributed by atoms with Gasteiger partial charge >= 0.3 is 6.09 Å². The first kappa shape index (κ1) is 21.2. The first-order valence-electron chi connectivity index (χ1n) is 8.95. The Hall–Kier alpha value is -2.13. The van der Waals surface area contributed by atoms with Gasteiger partial charge < -0.3 is 14.5 Å². The van der Waals surface area contributed by atoms with Crippen LogP contribution in [0.25, 0.3) is 0 Å². The molecule has 1 unspecified atom stereocenters. The minimum Gasteiger partial charge on any atom is -0.450 e. The highest BCUT2D eigenvalue weighted by Gasteiger charge is 2.31. The van der Waals surface area contributed by atoms with Gasteiger partial charge in [-0.2, -0.15) is 4.31 Å². The minimum absolute atomic E-state index is 0.228. The number of hydrogen-bond donors (Lipinski definition) is 0. The van der Waals surface area contributed by atoms with E-state index in [0.717, 1.165) is 11.8 Å². The fourth-order valence-corrected chi connectivity index (χ4v) is 4.07. The summed E-state index contributed by atoms with van der Waals surface area (Å²) in [4.78, 5) is 27.6. The molecule has 0 N–H and O–H groups in total. The number of nitrogens with zero attached hydrogens (tertiary/aromatic N) is 3. The minimum atomic E-state index is -3.58. The number of hydrogen-bond acceptors (Lipinski definition) is 5. The third kappa shape index (κ3) is 5.67. The molecule has 0 bridgehead atoms. The molecule has 1 aliphatic rings. The van der Waals surface area contributed by atoms with Gasteiger partial charge in [-0.1, -0.05) is 30.3 Å². The van der Waals surface area contributed by atoms with E-state index in [2.05, 4.69) is 0 Å². The van der Waals surface area contributed by atoms with Gasteiger partial charge in [-0.25, -0.2) is 13.2 Å². The first-order valence-corrected chi connectivity index (χ1v) is 10.8. The van der Waals surface area contributed by atoms with Crippen LogP contribution < -0.4 is 0 Å². The summed E-state index contributed by atoms with van der Waals surface area (Å²) in [5.74, 6) is -0.272. The van der Waals surface area contributed by atoms with Gasteiger partial charge in [0.05, 0.1) is 19.4 Å². The molecular weight excluding hydrogens is 370 g/mol. The second-order valence-electron chi connectivity index (χ2n) is 6.46. The van der Waals surface area contributed by atoms with Gasteiger partial charge in [-0.05, 0) is 19.4 Å². The van der Waals surface area contributed by atoms with E-state index in [4.69, 9.17) is 4.74 Å². The second-order valence-corrected chi connectivity index (χ2v) is 8.40. The Labute approximate surface area is 160 Å². The predicted octanol–water partition coefficient (Wildman–Crippen LogP) is 1.31. The van der Waals surface area contributed by atoms with Gasteiger partial charge in [0.1, 0.15) is 0 Å². The molecule has 27 heavy (non-hydrogen) atoms. The van der Waals surface area contributed by atoms with Crippen LogP contribution in [0.1, 0.15) is 25.5 Å². The maximum absolute atomic E-state index is 12.7. The van der Waals surface area contributed by atoms with Crippen molar-refractivity contribution in [3.05, 3.63) is 35.9 Å². The molecule has 2 amide bonds. The number of carbonyl (C=O) groups excluding carboxylic acids is 2. The monoisotopic (exact) mass is 397 g/mol. The molecule has 150 valence electrons. The van der Waals surface area contributed by atoms with Crippen molar-refractivity contribution in [1.29, 1.82) is 0 Å². The number of benzene rings is 1. The molecule has 0 spiro atoms. The molecule has 1 heterocycles. The molecule has 1 aromatic rings. The summed E-state index contributed by atoms with van der Waals surface area (Å²) in [7, 11) is -3.58. The van der Waals surface area contributed by atoms with E-state index in [9.17, 15) is 18.0 Å². The average Bonchev–Trinajstić information content (AvgIpc) is 2.65. The maximum Gasteiger partial charge on any atom is 0.409 e. The maximum atomic E-state index is 12.7. The van der Waals surface area contributed by atoms with Crippen LogP contribution >= 0.6 is 0 Å². The third-order valence-corrected chi connectivity index (χ3v) is 5.89. The average molecular weight is 397 g/mol. The van der Waals surface area contributed by atoms with Gasteiger partial charge in [0.25, 0.3) is 0 Å². The van der Waals surface area contributed by atoms with E-state index in [1.807, 2.05) is 30.3 Å². The van der Waals surface area contributed by atoms with Gasteiger partial charge in [-0.15, -0.1) is 0 Å². The van der Waals surface area contributed by atoms with Gasteiger partial charge in [0, 0.05) is 32.2 Å². The van der Waals surface area contributed by atoms with Crippen LogP contribution in [0.3, 0.4) is 0 Å². The molecule has 0 aliphatic carbocycles. The number of amides is 2. The van der Waals surface area contributed by atoms with Crippen LogP contribution in [0.2, 0.25) is 0 Å². The van der Waals surface area contributed by atoms with Crippen molar-refractivity contribution in [3.63, 3.8) is 0 Å². The van der Waals surface area contributed by atoms with Crippen molar-refractivity contribution in [2.75, 3.05) is 45.6 Å². The van der Waals surface area contributed by atoms with Crippen LogP contribution in [0.5, 0.6) is 0 Å². The molecule has 0 radical (unpaired) electrons. The Morgan fingerprint density at radius 3 is 2.19 bits per heavy atom. The van der Waals surface area contributed by atoms with E-state index >= 15 is 0 Å². The number of piperazine rings is 1. The van der Waals surface area contributed by atoms with Crippen LogP contribution in [-0.4, -0.2) is 80.1 Å². The molecule has 0 aromatic heterocycles. The fraction of sp³-hybridized carbons (Fsp3) is 0.556. The lowest BCUT2D eigenvalue weighted by molar-refractivity contribution is -0.133. The van der Waals surface area contributed by atoms with E-state index < -0.39 is 16.1 Å². The Morgan fingerprint density at radius 1 is 1.11 bits per heavy atom. The van der Waals surface area contributed by atoms with E-state index in [1.54, 1.807) is 23.6 Å². The van der Waals surface area contributed by atoms with Crippen molar-refractivity contribution in [2.24, 2.45) is 0 Å². The van der Waals surface area contributed by atoms with E-state index in [0.29, 0.717) is 32.8 Å². The van der Waals surface area contributed by atoms with Gasteiger partial charge in [0.15, 0.2) is 0 Å². The Bertz CT molecular complexity index is 746. The zero-order valence-electron chi connectivity index (χ0n) is 16.0. The molecule has 2 rings (SSSR count). The first-order chi connectivity index (χ1) is 12.7. The summed E-state index contributed by atoms with van der Waals surface area (Å²) in [6, 6.07) is 8.75. The summed E-state index contributed by atoms with van der Waals surface area (Å²) in [5.41, 5.74) is 0.822. The molecule has 1 fully saturated rings. The van der Waals surface area contributed by atoms with Crippen LogP contribution in [0, 0.1) is 0 Å². The second kappa shape index (κ2) is 9.18. The number of ether oxygens (including phenoxy) is 1. The molecule has 1 aliphatic heterocycles. The molecule has 9 heteroatoms. The van der Waals surface area contributed by atoms with Crippen molar-refractivity contribution in [1.82, 2.24) is 14.1 Å². The largest absolute Gasteiger partial charge is 0.450 e. The molecular formula is C18H27N3O5S. The Kier molecular flexibility index (Phi) is 7.20.